The molecule has 1 atom stereocenters. The van der Waals surface area contributed by atoms with Crippen LogP contribution >= 0.6 is 0 Å². The van der Waals surface area contributed by atoms with Gasteiger partial charge >= 0.3 is 23.8 Å². The van der Waals surface area contributed by atoms with Crippen molar-refractivity contribution in [1.29, 1.82) is 0 Å². The third-order valence-corrected chi connectivity index (χ3v) is 13.1. The summed E-state index contributed by atoms with van der Waals surface area (Å²) in [6, 6.07) is 11.4. The molecule has 3 saturated heterocycles. The first-order valence-electron chi connectivity index (χ1n) is 21.9. The number of piperidine rings is 3. The monoisotopic (exact) mass is 814 g/mol. The number of nitrogens with zero attached hydrogens (tertiary/aromatic N) is 5. The molecule has 5 heterocycles. The van der Waals surface area contributed by atoms with E-state index in [1.807, 2.05) is 47.1 Å². The van der Waals surface area contributed by atoms with E-state index in [4.69, 9.17) is 13.9 Å². The highest BCUT2D eigenvalue weighted by atomic mass is 16.6. The van der Waals surface area contributed by atoms with Crippen molar-refractivity contribution in [3.63, 3.8) is 0 Å². The first-order valence-corrected chi connectivity index (χ1v) is 21.9. The second kappa shape index (κ2) is 19.5. The molecule has 1 aromatic heterocycles. The smallest absolute Gasteiger partial charge is 0.419 e. The van der Waals surface area contributed by atoms with Crippen molar-refractivity contribution >= 4 is 40.8 Å². The van der Waals surface area contributed by atoms with Gasteiger partial charge in [-0.1, -0.05) is 50.5 Å². The van der Waals surface area contributed by atoms with Crippen LogP contribution in [0.4, 0.5) is 15.3 Å². The van der Waals surface area contributed by atoms with Crippen LogP contribution in [0.1, 0.15) is 87.8 Å². The van der Waals surface area contributed by atoms with Crippen molar-refractivity contribution in [3.05, 3.63) is 63.6 Å². The summed E-state index contributed by atoms with van der Waals surface area (Å²) in [7, 11) is 1.66. The molecule has 59 heavy (non-hydrogen) atoms. The highest BCUT2D eigenvalue weighted by Crippen LogP contribution is 2.33. The molecule has 0 unspecified atom stereocenters. The first kappa shape index (κ1) is 42.3. The maximum absolute atomic E-state index is 14.4. The van der Waals surface area contributed by atoms with Gasteiger partial charge in [0.1, 0.15) is 0 Å². The van der Waals surface area contributed by atoms with E-state index >= 15 is 0 Å². The number of urea groups is 1. The van der Waals surface area contributed by atoms with Crippen LogP contribution in [0.15, 0.2) is 45.6 Å². The summed E-state index contributed by atoms with van der Waals surface area (Å²) in [5.74, 6) is 0.205. The summed E-state index contributed by atoms with van der Waals surface area (Å²) in [5, 5.41) is 3.05. The molecule has 7 rings (SSSR count). The summed E-state index contributed by atoms with van der Waals surface area (Å²) >= 11 is 0. The number of fused-ring (bicyclic) bond motifs is 2. The van der Waals surface area contributed by atoms with Gasteiger partial charge in [-0.15, -0.1) is 0 Å². The number of esters is 1. The molecule has 3 aromatic rings. The molecule has 1 N–H and O–H groups in total. The lowest BCUT2D eigenvalue weighted by atomic mass is 9.78. The summed E-state index contributed by atoms with van der Waals surface area (Å²) < 4.78 is 18.6. The quantitative estimate of drug-likeness (QED) is 0.159. The van der Waals surface area contributed by atoms with Gasteiger partial charge in [-0.2, -0.15) is 0 Å². The molecule has 0 saturated carbocycles. The van der Waals surface area contributed by atoms with Crippen LogP contribution < -0.4 is 11.1 Å². The molecular formula is C45H62N6O8. The van der Waals surface area contributed by atoms with E-state index in [1.165, 1.54) is 11.0 Å². The number of unbranched alkanes of at least 4 members (excludes halogenated alkanes) is 3. The SMILES string of the molecule is CCCCCCOC(=O)CN1CCC(C2CCN(C(=O)[C@@H](Cc3cc(C)c4c(c3)oc(=O)n4C)OC(=O)N3CCC(N4CCc5ccccc5NC4=O)CC3)CC2)CC1. The molecule has 0 radical (unpaired) electrons. The van der Waals surface area contributed by atoms with Crippen molar-refractivity contribution in [2.75, 3.05) is 64.3 Å². The highest BCUT2D eigenvalue weighted by Gasteiger charge is 2.37. The Kier molecular flexibility index (Phi) is 14.0. The average molecular weight is 815 g/mol. The van der Waals surface area contributed by atoms with Crippen LogP contribution in [0.3, 0.4) is 0 Å². The number of oxazole rings is 1. The predicted octanol–water partition coefficient (Wildman–Crippen LogP) is 6.12. The van der Waals surface area contributed by atoms with Gasteiger partial charge < -0.3 is 33.9 Å². The maximum atomic E-state index is 14.4. The van der Waals surface area contributed by atoms with E-state index in [2.05, 4.69) is 17.1 Å². The van der Waals surface area contributed by atoms with E-state index in [0.29, 0.717) is 81.7 Å². The molecule has 3 fully saturated rings. The van der Waals surface area contributed by atoms with Gasteiger partial charge in [-0.3, -0.25) is 19.1 Å². The molecular weight excluding hydrogens is 753 g/mol. The van der Waals surface area contributed by atoms with Crippen molar-refractivity contribution in [1.82, 2.24) is 24.2 Å². The number of carbonyl (C=O) groups excluding carboxylic acids is 4. The normalized spacial score (nSPS) is 19.3. The molecule has 0 aliphatic carbocycles. The Bertz CT molecular complexity index is 2000. The molecule has 14 nitrogen and oxygen atoms in total. The number of hydrogen-bond acceptors (Lipinski definition) is 9. The van der Waals surface area contributed by atoms with Crippen molar-refractivity contribution in [2.45, 2.75) is 103 Å². The minimum absolute atomic E-state index is 0.0174. The number of para-hydroxylation sites is 1. The van der Waals surface area contributed by atoms with Gasteiger partial charge in [0.05, 0.1) is 18.7 Å². The minimum atomic E-state index is -1.06. The third kappa shape index (κ3) is 10.3. The fourth-order valence-electron chi connectivity index (χ4n) is 9.71. The topological polar surface area (TPSA) is 147 Å². The van der Waals surface area contributed by atoms with Crippen molar-refractivity contribution in [3.8, 4) is 0 Å². The number of nitrogens with one attached hydrogen (secondary N) is 1. The summed E-state index contributed by atoms with van der Waals surface area (Å²) in [6.45, 7) is 9.24. The molecule has 320 valence electrons. The van der Waals surface area contributed by atoms with Crippen LogP contribution in [0.25, 0.3) is 11.1 Å². The van der Waals surface area contributed by atoms with E-state index in [-0.39, 0.29) is 30.4 Å². The first-order chi connectivity index (χ1) is 28.6. The van der Waals surface area contributed by atoms with Crippen LogP contribution in [-0.2, 0) is 39.0 Å². The third-order valence-electron chi connectivity index (χ3n) is 13.1. The summed E-state index contributed by atoms with van der Waals surface area (Å²) in [4.78, 5) is 73.7. The van der Waals surface area contributed by atoms with Gasteiger partial charge in [-0.05, 0) is 112 Å². The molecule has 0 spiro atoms. The molecule has 4 aliphatic rings. The van der Waals surface area contributed by atoms with Gasteiger partial charge in [0, 0.05) is 57.9 Å². The highest BCUT2D eigenvalue weighted by molar-refractivity contribution is 5.91. The van der Waals surface area contributed by atoms with Crippen LogP contribution in [0.2, 0.25) is 0 Å². The Balaban J connectivity index is 0.944. The van der Waals surface area contributed by atoms with E-state index in [9.17, 15) is 24.0 Å². The Morgan fingerprint density at radius 2 is 1.56 bits per heavy atom. The fraction of sp³-hybridized carbons (Fsp3) is 0.622. The van der Waals surface area contributed by atoms with Crippen LogP contribution in [0.5, 0.6) is 0 Å². The Hall–Kier alpha value is -4.85. The summed E-state index contributed by atoms with van der Waals surface area (Å²) in [6.07, 6.45) is 8.64. The van der Waals surface area contributed by atoms with Gasteiger partial charge in [0.25, 0.3) is 5.91 Å². The largest absolute Gasteiger partial charge is 0.465 e. The Morgan fingerprint density at radius 3 is 2.29 bits per heavy atom. The molecule has 0 bridgehead atoms. The zero-order chi connectivity index (χ0) is 41.5. The number of amides is 4. The van der Waals surface area contributed by atoms with E-state index in [1.54, 1.807) is 18.0 Å². The number of aromatic nitrogens is 1. The zero-order valence-electron chi connectivity index (χ0n) is 35.1. The number of ether oxygens (including phenoxy) is 2. The predicted molar refractivity (Wildman–Crippen MR) is 224 cm³/mol. The van der Waals surface area contributed by atoms with Crippen LogP contribution in [0, 0.1) is 18.8 Å². The number of anilines is 1. The number of rotatable bonds is 13. The van der Waals surface area contributed by atoms with E-state index < -0.39 is 18.0 Å². The lowest BCUT2D eigenvalue weighted by Gasteiger charge is -2.41. The van der Waals surface area contributed by atoms with Crippen molar-refractivity contribution < 1.29 is 33.1 Å². The minimum Gasteiger partial charge on any atom is -0.465 e. The number of likely N-dealkylation sites (tertiary alicyclic amines) is 3. The Morgan fingerprint density at radius 1 is 0.864 bits per heavy atom. The molecule has 4 aliphatic heterocycles. The van der Waals surface area contributed by atoms with Crippen LogP contribution in [-0.4, -0.2) is 119 Å². The Labute approximate surface area is 347 Å². The summed E-state index contributed by atoms with van der Waals surface area (Å²) in [5.41, 5.74) is 4.64. The molecule has 4 amide bonds. The van der Waals surface area contributed by atoms with Gasteiger partial charge in [-0.25, -0.2) is 14.4 Å². The second-order valence-corrected chi connectivity index (χ2v) is 17.1. The fourth-order valence-corrected chi connectivity index (χ4v) is 9.71. The second-order valence-electron chi connectivity index (χ2n) is 17.1. The standard InChI is InChI=1S/C45H62N6O8/c1-4-5-6-9-26-57-40(52)30-48-19-12-33(13-20-48)34-14-21-49(22-15-34)42(53)39(29-32-27-31(2)41-38(28-32)58-44(55)47(41)3)59-45(56)50-23-17-36(18-24-50)51-25-16-35-10-7-8-11-37(35)46-43(51)54/h7-8,10-11,27-28,33-34,36,39H,4-6,9,12-26,29-30H2,1-3H3,(H,46,54)/t39-/m1/s1. The van der Waals surface area contributed by atoms with E-state index in [0.717, 1.165) is 86.8 Å². The van der Waals surface area contributed by atoms with Crippen molar-refractivity contribution in [2.24, 2.45) is 18.9 Å². The zero-order valence-corrected chi connectivity index (χ0v) is 35.1. The lowest BCUT2D eigenvalue weighted by molar-refractivity contribution is -0.145. The lowest BCUT2D eigenvalue weighted by Crippen LogP contribution is -2.52. The number of carbonyl (C=O) groups is 4. The average Bonchev–Trinajstić information content (AvgIpc) is 3.42. The molecule has 2 aromatic carbocycles. The molecule has 14 heteroatoms. The van der Waals surface area contributed by atoms with Gasteiger partial charge in [0.2, 0.25) is 0 Å². The number of benzene rings is 2. The van der Waals surface area contributed by atoms with Gasteiger partial charge in [0.15, 0.2) is 11.7 Å². The maximum Gasteiger partial charge on any atom is 0.419 e. The number of hydrogen-bond donors (Lipinski definition) is 1. The number of aryl methyl sites for hydroxylation is 2.